The fourth-order valence-electron chi connectivity index (χ4n) is 3.64. The van der Waals surface area contributed by atoms with Gasteiger partial charge in [0, 0.05) is 12.0 Å². The van der Waals surface area contributed by atoms with Crippen LogP contribution < -0.4 is 9.84 Å². The highest BCUT2D eigenvalue weighted by Crippen LogP contribution is 2.32. The zero-order valence-corrected chi connectivity index (χ0v) is 17.0. The number of rotatable bonds is 5. The topological polar surface area (TPSA) is 65.4 Å². The van der Waals surface area contributed by atoms with Crippen LogP contribution in [0.15, 0.2) is 46.1 Å². The molecule has 1 heterocycles. The van der Waals surface area contributed by atoms with Crippen molar-refractivity contribution in [3.05, 3.63) is 63.6 Å². The van der Waals surface area contributed by atoms with Crippen LogP contribution in [0, 0.1) is 6.92 Å². The van der Waals surface area contributed by atoms with E-state index in [4.69, 9.17) is 4.28 Å². The maximum Gasteiger partial charge on any atom is 0.357 e. The summed E-state index contributed by atoms with van der Waals surface area (Å²) in [6, 6.07) is 9.90. The van der Waals surface area contributed by atoms with Gasteiger partial charge in [-0.1, -0.05) is 45.2 Å². The van der Waals surface area contributed by atoms with E-state index in [0.29, 0.717) is 11.6 Å². The molecule has 5 nitrogen and oxygen atoms in total. The average Bonchev–Trinajstić information content (AvgIpc) is 2.64. The van der Waals surface area contributed by atoms with Crippen molar-refractivity contribution in [3.63, 3.8) is 0 Å². The van der Waals surface area contributed by atoms with E-state index >= 15 is 0 Å². The van der Waals surface area contributed by atoms with Crippen molar-refractivity contribution in [2.45, 2.75) is 69.6 Å². The molecule has 0 radical (unpaired) electrons. The Morgan fingerprint density at radius 1 is 1.04 bits per heavy atom. The minimum Gasteiger partial charge on any atom is -0.280 e. The van der Waals surface area contributed by atoms with Crippen LogP contribution in [0.25, 0.3) is 0 Å². The van der Waals surface area contributed by atoms with Crippen LogP contribution in [0.4, 0.5) is 0 Å². The highest BCUT2D eigenvalue weighted by Gasteiger charge is 2.25. The third-order valence-corrected chi connectivity index (χ3v) is 6.39. The third-order valence-electron chi connectivity index (χ3n) is 5.19. The van der Waals surface area contributed by atoms with E-state index in [-0.39, 0.29) is 10.8 Å². The van der Waals surface area contributed by atoms with Gasteiger partial charge in [0.05, 0.1) is 5.69 Å². The first-order chi connectivity index (χ1) is 12.8. The van der Waals surface area contributed by atoms with E-state index in [1.165, 1.54) is 24.6 Å². The molecule has 1 aliphatic carbocycles. The van der Waals surface area contributed by atoms with Crippen molar-refractivity contribution in [1.82, 2.24) is 4.73 Å². The van der Waals surface area contributed by atoms with Crippen LogP contribution in [0.1, 0.15) is 74.6 Å². The second-order valence-electron chi connectivity index (χ2n) is 7.68. The van der Waals surface area contributed by atoms with E-state index in [9.17, 15) is 13.2 Å². The smallest absolute Gasteiger partial charge is 0.280 e. The monoisotopic (exact) mass is 389 g/mol. The summed E-state index contributed by atoms with van der Waals surface area (Å²) in [5, 5.41) is 0. The number of hydrogen-bond donors (Lipinski definition) is 0. The fourth-order valence-corrected chi connectivity index (χ4v) is 4.55. The molecule has 0 N–H and O–H groups in total. The van der Waals surface area contributed by atoms with Crippen molar-refractivity contribution < 1.29 is 12.7 Å². The summed E-state index contributed by atoms with van der Waals surface area (Å²) in [5.41, 5.74) is 2.07. The summed E-state index contributed by atoms with van der Waals surface area (Å²) in [7, 11) is -4.09. The number of benzene rings is 1. The minimum absolute atomic E-state index is 0.0500. The number of nitrogens with zero attached hydrogens (tertiary/aromatic N) is 1. The van der Waals surface area contributed by atoms with Gasteiger partial charge in [0.1, 0.15) is 4.90 Å². The lowest BCUT2D eigenvalue weighted by molar-refractivity contribution is 0.241. The first-order valence-corrected chi connectivity index (χ1v) is 11.0. The molecule has 1 saturated carbocycles. The Labute approximate surface area is 161 Å². The number of pyridine rings is 1. The van der Waals surface area contributed by atoms with Crippen LogP contribution in [0.2, 0.25) is 0 Å². The van der Waals surface area contributed by atoms with Crippen LogP contribution in [0.3, 0.4) is 0 Å². The third kappa shape index (κ3) is 4.43. The standard InChI is InChI=1S/C21H27NO4S/c1-15(2)17-9-11-19(12-10-17)27(24,25)26-22-20(13-16(3)14-21(22)23)18-7-5-4-6-8-18/h9-15,18H,4-8H2,1-3H3. The first-order valence-electron chi connectivity index (χ1n) is 9.56. The lowest BCUT2D eigenvalue weighted by Crippen LogP contribution is -2.34. The van der Waals surface area contributed by atoms with Gasteiger partial charge in [-0.05, 0) is 55.0 Å². The molecule has 1 aromatic carbocycles. The van der Waals surface area contributed by atoms with E-state index in [1.54, 1.807) is 12.1 Å². The van der Waals surface area contributed by atoms with Crippen LogP contribution in [-0.2, 0) is 10.1 Å². The summed E-state index contributed by atoms with van der Waals surface area (Å²) in [4.78, 5) is 12.6. The van der Waals surface area contributed by atoms with Crippen LogP contribution >= 0.6 is 0 Å². The Hall–Kier alpha value is -2.08. The zero-order valence-electron chi connectivity index (χ0n) is 16.1. The summed E-state index contributed by atoms with van der Waals surface area (Å²) in [6.07, 6.45) is 5.21. The molecule has 6 heteroatoms. The molecule has 0 unspecified atom stereocenters. The fraction of sp³-hybridized carbons (Fsp3) is 0.476. The van der Waals surface area contributed by atoms with Gasteiger partial charge in [-0.2, -0.15) is 8.42 Å². The molecule has 1 aromatic heterocycles. The van der Waals surface area contributed by atoms with Crippen molar-refractivity contribution in [3.8, 4) is 0 Å². The molecular formula is C21H27NO4S. The summed E-state index contributed by atoms with van der Waals surface area (Å²) >= 11 is 0. The normalized spacial score (nSPS) is 15.9. The molecule has 0 saturated heterocycles. The predicted octanol–water partition coefficient (Wildman–Crippen LogP) is 4.15. The Morgan fingerprint density at radius 3 is 2.26 bits per heavy atom. The van der Waals surface area contributed by atoms with Crippen molar-refractivity contribution >= 4 is 10.1 Å². The maximum absolute atomic E-state index is 12.8. The number of hydrogen-bond acceptors (Lipinski definition) is 4. The Kier molecular flexibility index (Phi) is 5.75. The molecule has 0 atom stereocenters. The summed E-state index contributed by atoms with van der Waals surface area (Å²) < 4.78 is 31.9. The Bertz CT molecular complexity index is 953. The van der Waals surface area contributed by atoms with Gasteiger partial charge in [0.2, 0.25) is 0 Å². The molecule has 0 amide bonds. The highest BCUT2D eigenvalue weighted by molar-refractivity contribution is 7.87. The Morgan fingerprint density at radius 2 is 1.67 bits per heavy atom. The summed E-state index contributed by atoms with van der Waals surface area (Å²) in [5.74, 6) is 0.449. The van der Waals surface area contributed by atoms with E-state index in [1.807, 2.05) is 26.8 Å². The molecule has 0 bridgehead atoms. The molecule has 0 aliphatic heterocycles. The number of aryl methyl sites for hydroxylation is 1. The van der Waals surface area contributed by atoms with Gasteiger partial charge in [0.25, 0.3) is 5.56 Å². The van der Waals surface area contributed by atoms with Gasteiger partial charge >= 0.3 is 10.1 Å². The van der Waals surface area contributed by atoms with Crippen LogP contribution in [0.5, 0.6) is 0 Å². The second-order valence-corrected chi connectivity index (χ2v) is 9.21. The van der Waals surface area contributed by atoms with Crippen molar-refractivity contribution in [2.75, 3.05) is 0 Å². The van der Waals surface area contributed by atoms with Gasteiger partial charge in [-0.3, -0.25) is 9.08 Å². The Balaban J connectivity index is 1.97. The molecule has 1 fully saturated rings. The van der Waals surface area contributed by atoms with E-state index in [2.05, 4.69) is 0 Å². The van der Waals surface area contributed by atoms with Gasteiger partial charge < -0.3 is 0 Å². The molecular weight excluding hydrogens is 362 g/mol. The van der Waals surface area contributed by atoms with Gasteiger partial charge in [-0.15, -0.1) is 4.73 Å². The molecule has 0 spiro atoms. The largest absolute Gasteiger partial charge is 0.357 e. The molecule has 3 rings (SSSR count). The maximum atomic E-state index is 12.8. The van der Waals surface area contributed by atoms with E-state index in [0.717, 1.165) is 41.5 Å². The van der Waals surface area contributed by atoms with Crippen LogP contribution in [-0.4, -0.2) is 13.1 Å². The molecule has 27 heavy (non-hydrogen) atoms. The summed E-state index contributed by atoms with van der Waals surface area (Å²) in [6.45, 7) is 5.93. The second kappa shape index (κ2) is 7.89. The minimum atomic E-state index is -4.09. The average molecular weight is 390 g/mol. The first kappa shape index (κ1) is 19.7. The van der Waals surface area contributed by atoms with Crippen molar-refractivity contribution in [2.24, 2.45) is 0 Å². The lowest BCUT2D eigenvalue weighted by atomic mass is 9.86. The molecule has 146 valence electrons. The van der Waals surface area contributed by atoms with E-state index < -0.39 is 15.7 Å². The quantitative estimate of drug-likeness (QED) is 0.771. The zero-order chi connectivity index (χ0) is 19.6. The van der Waals surface area contributed by atoms with Gasteiger partial charge in [-0.25, -0.2) is 0 Å². The van der Waals surface area contributed by atoms with Gasteiger partial charge in [0.15, 0.2) is 0 Å². The van der Waals surface area contributed by atoms with Crippen molar-refractivity contribution in [1.29, 1.82) is 0 Å². The predicted molar refractivity (Wildman–Crippen MR) is 106 cm³/mol. The SMILES string of the molecule is Cc1cc(C2CCCCC2)n(OS(=O)(=O)c2ccc(C(C)C)cc2)c(=O)c1. The molecule has 2 aromatic rings. The number of aromatic nitrogens is 1. The highest BCUT2D eigenvalue weighted by atomic mass is 32.2. The lowest BCUT2D eigenvalue weighted by Gasteiger charge is -2.24. The molecule has 1 aliphatic rings.